The minimum Gasteiger partial charge on any atom is -0.467 e. The van der Waals surface area contributed by atoms with Crippen LogP contribution in [0.2, 0.25) is 10.0 Å². The minimum absolute atomic E-state index is 0.0800. The van der Waals surface area contributed by atoms with Gasteiger partial charge in [0.25, 0.3) is 0 Å². The molecule has 0 aliphatic rings. The summed E-state index contributed by atoms with van der Waals surface area (Å²) in [6, 6.07) is 7.75. The van der Waals surface area contributed by atoms with Crippen molar-refractivity contribution in [3.63, 3.8) is 0 Å². The van der Waals surface area contributed by atoms with E-state index in [-0.39, 0.29) is 18.9 Å². The van der Waals surface area contributed by atoms with E-state index in [1.54, 1.807) is 30.3 Å². The highest BCUT2D eigenvalue weighted by molar-refractivity contribution is 6.33. The Balaban J connectivity index is 2.03. The van der Waals surface area contributed by atoms with Gasteiger partial charge in [0.15, 0.2) is 0 Å². The molecule has 0 saturated carbocycles. The third-order valence-corrected chi connectivity index (χ3v) is 3.37. The van der Waals surface area contributed by atoms with Crippen molar-refractivity contribution in [2.24, 2.45) is 0 Å². The molecule has 1 atom stereocenters. The van der Waals surface area contributed by atoms with Crippen LogP contribution in [0, 0.1) is 0 Å². The summed E-state index contributed by atoms with van der Waals surface area (Å²) in [6.07, 6.45) is 1.56. The molecule has 2 rings (SSSR count). The summed E-state index contributed by atoms with van der Waals surface area (Å²) < 4.78 is 5.16. The molecule has 0 aliphatic heterocycles. The molecule has 2 N–H and O–H groups in total. The van der Waals surface area contributed by atoms with Crippen molar-refractivity contribution in [2.75, 3.05) is 6.61 Å². The minimum atomic E-state index is -0.574. The molecule has 0 saturated heterocycles. The molecule has 0 spiro atoms. The Kier molecular flexibility index (Phi) is 5.06. The maximum Gasteiger partial charge on any atom is 0.225 e. The highest BCUT2D eigenvalue weighted by atomic mass is 35.5. The average molecular weight is 314 g/mol. The number of rotatable bonds is 5. The van der Waals surface area contributed by atoms with Crippen molar-refractivity contribution in [1.82, 2.24) is 5.32 Å². The van der Waals surface area contributed by atoms with Crippen LogP contribution in [0.5, 0.6) is 0 Å². The highest BCUT2D eigenvalue weighted by Crippen LogP contribution is 2.21. The predicted molar refractivity (Wildman–Crippen MR) is 76.8 cm³/mol. The molecule has 1 aromatic heterocycles. The lowest BCUT2D eigenvalue weighted by Gasteiger charge is -2.14. The van der Waals surface area contributed by atoms with Crippen molar-refractivity contribution in [3.05, 3.63) is 58.0 Å². The lowest BCUT2D eigenvalue weighted by Crippen LogP contribution is -2.31. The maximum atomic E-state index is 12.0. The number of benzene rings is 1. The lowest BCUT2D eigenvalue weighted by molar-refractivity contribution is -0.121. The molecule has 1 unspecified atom stereocenters. The summed E-state index contributed by atoms with van der Waals surface area (Å²) in [6.45, 7) is -0.247. The number of carbonyl (C=O) groups excluding carboxylic acids is 1. The molecule has 20 heavy (non-hydrogen) atoms. The first-order valence-corrected chi connectivity index (χ1v) is 6.73. The molecule has 6 heteroatoms. The number of aliphatic hydroxyl groups is 1. The van der Waals surface area contributed by atoms with E-state index in [1.807, 2.05) is 0 Å². The number of hydrogen-bond donors (Lipinski definition) is 2. The summed E-state index contributed by atoms with van der Waals surface area (Å²) in [7, 11) is 0. The Hall–Kier alpha value is -1.49. The molecule has 0 bridgehead atoms. The Morgan fingerprint density at radius 2 is 2.15 bits per heavy atom. The molecule has 4 nitrogen and oxygen atoms in total. The first-order chi connectivity index (χ1) is 9.60. The first kappa shape index (κ1) is 14.9. The summed E-state index contributed by atoms with van der Waals surface area (Å²) in [5.74, 6) is 0.225. The molecule has 1 aromatic carbocycles. The number of furan rings is 1. The summed E-state index contributed by atoms with van der Waals surface area (Å²) in [5.41, 5.74) is 0.632. The number of halogens is 2. The van der Waals surface area contributed by atoms with Gasteiger partial charge < -0.3 is 14.8 Å². The standard InChI is InChI=1S/C14H13Cl2NO3/c15-10-3-4-11(16)9(6-10)7-14(19)17-12(8-18)13-2-1-5-20-13/h1-6,12,18H,7-8H2,(H,17,19). The Morgan fingerprint density at radius 3 is 2.80 bits per heavy atom. The van der Waals surface area contributed by atoms with E-state index < -0.39 is 6.04 Å². The van der Waals surface area contributed by atoms with Gasteiger partial charge in [0.05, 0.1) is 19.3 Å². The SMILES string of the molecule is O=C(Cc1cc(Cl)ccc1Cl)NC(CO)c1ccco1. The quantitative estimate of drug-likeness (QED) is 0.892. The normalized spacial score (nSPS) is 12.2. The number of aliphatic hydroxyl groups excluding tert-OH is 1. The Bertz CT molecular complexity index is 584. The van der Waals surface area contributed by atoms with Crippen LogP contribution in [0.4, 0.5) is 0 Å². The molecular formula is C14H13Cl2NO3. The van der Waals surface area contributed by atoms with Gasteiger partial charge in [-0.3, -0.25) is 4.79 Å². The number of amides is 1. The van der Waals surface area contributed by atoms with Gasteiger partial charge >= 0.3 is 0 Å². The Labute approximate surface area is 126 Å². The predicted octanol–water partition coefficient (Wildman–Crippen LogP) is 2.98. The third kappa shape index (κ3) is 3.76. The van der Waals surface area contributed by atoms with E-state index in [4.69, 9.17) is 27.6 Å². The second kappa shape index (κ2) is 6.79. The van der Waals surface area contributed by atoms with E-state index in [1.165, 1.54) is 6.26 Å². The summed E-state index contributed by atoms with van der Waals surface area (Å²) in [4.78, 5) is 12.0. The van der Waals surface area contributed by atoms with E-state index in [0.29, 0.717) is 21.4 Å². The van der Waals surface area contributed by atoms with Gasteiger partial charge in [-0.25, -0.2) is 0 Å². The van der Waals surface area contributed by atoms with Gasteiger partial charge in [0.2, 0.25) is 5.91 Å². The monoisotopic (exact) mass is 313 g/mol. The number of carbonyl (C=O) groups is 1. The molecule has 1 heterocycles. The smallest absolute Gasteiger partial charge is 0.225 e. The number of hydrogen-bond acceptors (Lipinski definition) is 3. The zero-order valence-electron chi connectivity index (χ0n) is 10.5. The van der Waals surface area contributed by atoms with Crippen LogP contribution in [-0.2, 0) is 11.2 Å². The molecule has 0 radical (unpaired) electrons. The fourth-order valence-electron chi connectivity index (χ4n) is 1.79. The van der Waals surface area contributed by atoms with Crippen LogP contribution < -0.4 is 5.32 Å². The Morgan fingerprint density at radius 1 is 1.35 bits per heavy atom. The largest absolute Gasteiger partial charge is 0.467 e. The highest BCUT2D eigenvalue weighted by Gasteiger charge is 2.17. The van der Waals surface area contributed by atoms with Gasteiger partial charge in [-0.1, -0.05) is 23.2 Å². The van der Waals surface area contributed by atoms with Crippen molar-refractivity contribution < 1.29 is 14.3 Å². The lowest BCUT2D eigenvalue weighted by atomic mass is 10.1. The van der Waals surface area contributed by atoms with Gasteiger partial charge in [0.1, 0.15) is 11.8 Å². The van der Waals surface area contributed by atoms with Crippen LogP contribution >= 0.6 is 23.2 Å². The topological polar surface area (TPSA) is 62.5 Å². The van der Waals surface area contributed by atoms with E-state index >= 15 is 0 Å². The van der Waals surface area contributed by atoms with Crippen molar-refractivity contribution in [1.29, 1.82) is 0 Å². The van der Waals surface area contributed by atoms with Gasteiger partial charge in [0, 0.05) is 10.0 Å². The molecule has 0 aliphatic carbocycles. The fourth-order valence-corrected chi connectivity index (χ4v) is 2.17. The molecule has 0 fully saturated rings. The first-order valence-electron chi connectivity index (χ1n) is 5.97. The van der Waals surface area contributed by atoms with Crippen LogP contribution in [0.15, 0.2) is 41.0 Å². The van der Waals surface area contributed by atoms with Crippen LogP contribution in [0.25, 0.3) is 0 Å². The van der Waals surface area contributed by atoms with Gasteiger partial charge in [-0.15, -0.1) is 0 Å². The summed E-state index contributed by atoms with van der Waals surface area (Å²) in [5, 5.41) is 13.0. The van der Waals surface area contributed by atoms with E-state index in [9.17, 15) is 9.90 Å². The van der Waals surface area contributed by atoms with Gasteiger partial charge in [-0.05, 0) is 35.9 Å². The maximum absolute atomic E-state index is 12.0. The summed E-state index contributed by atoms with van der Waals surface area (Å²) >= 11 is 11.9. The average Bonchev–Trinajstić information content (AvgIpc) is 2.94. The van der Waals surface area contributed by atoms with E-state index in [0.717, 1.165) is 0 Å². The molecule has 106 valence electrons. The second-order valence-electron chi connectivity index (χ2n) is 4.23. The van der Waals surface area contributed by atoms with Crippen molar-refractivity contribution >= 4 is 29.1 Å². The molecular weight excluding hydrogens is 301 g/mol. The fraction of sp³-hybridized carbons (Fsp3) is 0.214. The van der Waals surface area contributed by atoms with Crippen LogP contribution in [0.1, 0.15) is 17.4 Å². The third-order valence-electron chi connectivity index (χ3n) is 2.76. The van der Waals surface area contributed by atoms with Crippen LogP contribution in [0.3, 0.4) is 0 Å². The van der Waals surface area contributed by atoms with E-state index in [2.05, 4.69) is 5.32 Å². The molecule has 2 aromatic rings. The second-order valence-corrected chi connectivity index (χ2v) is 5.07. The zero-order chi connectivity index (χ0) is 14.5. The van der Waals surface area contributed by atoms with Crippen molar-refractivity contribution in [2.45, 2.75) is 12.5 Å². The number of nitrogens with one attached hydrogen (secondary N) is 1. The molecule has 1 amide bonds. The van der Waals surface area contributed by atoms with Gasteiger partial charge in [-0.2, -0.15) is 0 Å². The zero-order valence-corrected chi connectivity index (χ0v) is 12.0. The van der Waals surface area contributed by atoms with Crippen LogP contribution in [-0.4, -0.2) is 17.6 Å². The van der Waals surface area contributed by atoms with Crippen molar-refractivity contribution in [3.8, 4) is 0 Å².